The second kappa shape index (κ2) is 5.26. The third kappa shape index (κ3) is 2.41. The number of rotatable bonds is 2. The van der Waals surface area contributed by atoms with E-state index in [1.54, 1.807) is 0 Å². The first-order valence-electron chi connectivity index (χ1n) is 6.98. The lowest BCUT2D eigenvalue weighted by atomic mass is 10.1. The van der Waals surface area contributed by atoms with Crippen molar-refractivity contribution in [2.45, 2.75) is 20.8 Å². The van der Waals surface area contributed by atoms with E-state index in [4.69, 9.17) is 0 Å². The van der Waals surface area contributed by atoms with Gasteiger partial charge < -0.3 is 0 Å². The number of hydrogen-bond acceptors (Lipinski definition) is 0. The van der Waals surface area contributed by atoms with Gasteiger partial charge >= 0.3 is 0 Å². The van der Waals surface area contributed by atoms with Crippen LogP contribution in [-0.2, 0) is 0 Å². The van der Waals surface area contributed by atoms with E-state index in [-0.39, 0.29) is 0 Å². The highest BCUT2D eigenvalue weighted by atomic mass is 28.2. The highest BCUT2D eigenvalue weighted by Crippen LogP contribution is 2.11. The lowest BCUT2D eigenvalue weighted by Gasteiger charge is -2.12. The number of benzene rings is 3. The van der Waals surface area contributed by atoms with Gasteiger partial charge in [0.15, 0.2) is 0 Å². The van der Waals surface area contributed by atoms with E-state index in [1.807, 2.05) is 0 Å². The topological polar surface area (TPSA) is 0 Å². The van der Waals surface area contributed by atoms with Crippen molar-refractivity contribution in [2.24, 2.45) is 0 Å². The van der Waals surface area contributed by atoms with E-state index >= 15 is 0 Å². The molecule has 0 aliphatic carbocycles. The van der Waals surface area contributed by atoms with Gasteiger partial charge in [-0.3, -0.25) is 0 Å². The lowest BCUT2D eigenvalue weighted by Crippen LogP contribution is -2.31. The molecule has 0 aromatic heterocycles. The summed E-state index contributed by atoms with van der Waals surface area (Å²) < 4.78 is 0. The Morgan fingerprint density at radius 2 is 1.40 bits per heavy atom. The minimum atomic E-state index is 0.725. The fraction of sp³-hybridized carbons (Fsp3) is 0.158. The van der Waals surface area contributed by atoms with E-state index in [9.17, 15) is 0 Å². The van der Waals surface area contributed by atoms with E-state index in [0.29, 0.717) is 0 Å². The smallest absolute Gasteiger partial charge is 0.0625 e. The predicted octanol–water partition coefficient (Wildman–Crippen LogP) is 3.42. The molecule has 0 saturated heterocycles. The summed E-state index contributed by atoms with van der Waals surface area (Å²) in [6.45, 7) is 6.63. The van der Waals surface area contributed by atoms with Gasteiger partial charge in [-0.1, -0.05) is 81.7 Å². The maximum absolute atomic E-state index is 2.29. The van der Waals surface area contributed by atoms with Crippen LogP contribution in [0.4, 0.5) is 0 Å². The van der Waals surface area contributed by atoms with Crippen molar-refractivity contribution in [1.29, 1.82) is 0 Å². The van der Waals surface area contributed by atoms with Crippen LogP contribution in [0.3, 0.4) is 0 Å². The van der Waals surface area contributed by atoms with Gasteiger partial charge in [0.05, 0.1) is 0 Å². The summed E-state index contributed by atoms with van der Waals surface area (Å²) >= 11 is 0. The summed E-state index contributed by atoms with van der Waals surface area (Å²) in [5.74, 6) is 0. The fourth-order valence-corrected chi connectivity index (χ4v) is 4.20. The van der Waals surface area contributed by atoms with Crippen LogP contribution in [0.1, 0.15) is 16.7 Å². The standard InChI is InChI=1S/C19H18Si/c1-13-11-14(2)19(15(3)12-13)20-18-10-6-8-16-7-4-5-9-17(16)18/h4-12H,1-3H3. The minimum Gasteiger partial charge on any atom is -0.0625 e. The van der Waals surface area contributed by atoms with Crippen LogP contribution in [0.5, 0.6) is 0 Å². The Balaban J connectivity index is 2.10. The van der Waals surface area contributed by atoms with Gasteiger partial charge in [0, 0.05) is 0 Å². The third-order valence-electron chi connectivity index (χ3n) is 3.73. The van der Waals surface area contributed by atoms with E-state index in [2.05, 4.69) is 75.4 Å². The molecule has 98 valence electrons. The largest absolute Gasteiger partial charge is 0.123 e. The first kappa shape index (κ1) is 13.1. The molecule has 20 heavy (non-hydrogen) atoms. The number of fused-ring (bicyclic) bond motifs is 1. The fourth-order valence-electron chi connectivity index (χ4n) is 2.85. The molecule has 3 aromatic rings. The van der Waals surface area contributed by atoms with Crippen LogP contribution in [0, 0.1) is 20.8 Å². The van der Waals surface area contributed by atoms with Gasteiger partial charge in [0.25, 0.3) is 0 Å². The summed E-state index contributed by atoms with van der Waals surface area (Å²) in [6, 6.07) is 19.9. The Morgan fingerprint density at radius 3 is 2.15 bits per heavy atom. The quantitative estimate of drug-likeness (QED) is 0.628. The minimum absolute atomic E-state index is 0.725. The number of aryl methyl sites for hydroxylation is 3. The van der Waals surface area contributed by atoms with E-state index in [1.165, 1.54) is 37.8 Å². The predicted molar refractivity (Wildman–Crippen MR) is 89.6 cm³/mol. The van der Waals surface area contributed by atoms with E-state index < -0.39 is 0 Å². The second-order valence-corrected chi connectivity index (χ2v) is 6.71. The zero-order valence-corrected chi connectivity index (χ0v) is 13.2. The van der Waals surface area contributed by atoms with Crippen molar-refractivity contribution in [3.05, 3.63) is 71.3 Å². The molecule has 0 atom stereocenters. The summed E-state index contributed by atoms with van der Waals surface area (Å²) in [5, 5.41) is 5.65. The molecule has 0 nitrogen and oxygen atoms in total. The molecule has 3 aromatic carbocycles. The highest BCUT2D eigenvalue weighted by Gasteiger charge is 2.08. The van der Waals surface area contributed by atoms with Crippen LogP contribution in [0.2, 0.25) is 0 Å². The molecule has 0 amide bonds. The highest BCUT2D eigenvalue weighted by molar-refractivity contribution is 6.70. The Hall–Kier alpha value is -1.86. The molecule has 0 bridgehead atoms. The molecule has 0 heterocycles. The van der Waals surface area contributed by atoms with Crippen LogP contribution < -0.4 is 10.4 Å². The van der Waals surface area contributed by atoms with Crippen LogP contribution in [0.15, 0.2) is 54.6 Å². The average molecular weight is 274 g/mol. The molecule has 0 unspecified atom stereocenters. The SMILES string of the molecule is Cc1cc(C)c([Si]c2cccc3ccccc23)c(C)c1. The summed E-state index contributed by atoms with van der Waals surface area (Å²) in [5.41, 5.74) is 4.18. The Labute approximate surface area is 123 Å². The van der Waals surface area contributed by atoms with E-state index in [0.717, 1.165) is 9.52 Å². The van der Waals surface area contributed by atoms with Crippen LogP contribution >= 0.6 is 0 Å². The first-order chi connectivity index (χ1) is 9.65. The van der Waals surface area contributed by atoms with Gasteiger partial charge in [-0.2, -0.15) is 0 Å². The maximum atomic E-state index is 2.29. The third-order valence-corrected chi connectivity index (χ3v) is 5.47. The van der Waals surface area contributed by atoms with Gasteiger partial charge in [-0.15, -0.1) is 0 Å². The Kier molecular flexibility index (Phi) is 3.45. The van der Waals surface area contributed by atoms with Crippen molar-refractivity contribution in [2.75, 3.05) is 0 Å². The van der Waals surface area contributed by atoms with Crippen molar-refractivity contribution in [3.8, 4) is 0 Å². The normalized spacial score (nSPS) is 10.9. The summed E-state index contributed by atoms with van der Waals surface area (Å²) in [7, 11) is 0.725. The molecule has 0 N–H and O–H groups in total. The zero-order valence-electron chi connectivity index (χ0n) is 12.2. The Morgan fingerprint density at radius 1 is 0.750 bits per heavy atom. The second-order valence-electron chi connectivity index (χ2n) is 5.43. The van der Waals surface area contributed by atoms with Crippen molar-refractivity contribution >= 4 is 30.7 Å². The Bertz CT molecular complexity index is 743. The molecular weight excluding hydrogens is 256 g/mol. The molecule has 1 heteroatoms. The molecule has 0 aliphatic rings. The molecule has 0 saturated carbocycles. The average Bonchev–Trinajstić information content (AvgIpc) is 2.43. The number of hydrogen-bond donors (Lipinski definition) is 0. The van der Waals surface area contributed by atoms with Crippen molar-refractivity contribution < 1.29 is 0 Å². The van der Waals surface area contributed by atoms with Crippen molar-refractivity contribution in [3.63, 3.8) is 0 Å². The first-order valence-corrected chi connectivity index (χ1v) is 7.98. The van der Waals surface area contributed by atoms with Gasteiger partial charge in [0.2, 0.25) is 0 Å². The summed E-state index contributed by atoms with van der Waals surface area (Å²) in [4.78, 5) is 0. The molecular formula is C19H18Si. The lowest BCUT2D eigenvalue weighted by molar-refractivity contribution is 1.35. The zero-order chi connectivity index (χ0) is 14.1. The molecule has 2 radical (unpaired) electrons. The van der Waals surface area contributed by atoms with Crippen LogP contribution in [-0.4, -0.2) is 9.52 Å². The van der Waals surface area contributed by atoms with Gasteiger partial charge in [0.1, 0.15) is 9.52 Å². The molecule has 3 rings (SSSR count). The van der Waals surface area contributed by atoms with Crippen molar-refractivity contribution in [1.82, 2.24) is 0 Å². The monoisotopic (exact) mass is 274 g/mol. The molecule has 0 spiro atoms. The molecule has 0 aliphatic heterocycles. The van der Waals surface area contributed by atoms with Gasteiger partial charge in [-0.05, 0) is 31.5 Å². The maximum Gasteiger partial charge on any atom is 0.123 e. The van der Waals surface area contributed by atoms with Crippen LogP contribution in [0.25, 0.3) is 10.8 Å². The molecule has 0 fully saturated rings. The van der Waals surface area contributed by atoms with Gasteiger partial charge in [-0.25, -0.2) is 0 Å². The summed E-state index contributed by atoms with van der Waals surface area (Å²) in [6.07, 6.45) is 0.